The van der Waals surface area contributed by atoms with Crippen molar-refractivity contribution in [2.45, 2.75) is 57.6 Å². The van der Waals surface area contributed by atoms with Gasteiger partial charge in [-0.1, -0.05) is 25.1 Å². The Morgan fingerprint density at radius 1 is 1.03 bits per heavy atom. The lowest BCUT2D eigenvalue weighted by atomic mass is 10.1. The summed E-state index contributed by atoms with van der Waals surface area (Å²) >= 11 is 1.78. The largest absolute Gasteiger partial charge is 0.352 e. The van der Waals surface area contributed by atoms with Crippen LogP contribution in [0.15, 0.2) is 46.3 Å². The van der Waals surface area contributed by atoms with Gasteiger partial charge >= 0.3 is 0 Å². The molecule has 1 aromatic carbocycles. The molecule has 0 saturated carbocycles. The maximum absolute atomic E-state index is 12.7. The Morgan fingerprint density at radius 3 is 2.24 bits per heavy atom. The molecule has 0 amide bonds. The van der Waals surface area contributed by atoms with E-state index in [1.807, 2.05) is 32.9 Å². The molecule has 29 heavy (non-hydrogen) atoms. The van der Waals surface area contributed by atoms with Crippen molar-refractivity contribution in [2.75, 3.05) is 7.05 Å². The van der Waals surface area contributed by atoms with Gasteiger partial charge in [0.1, 0.15) is 0 Å². The second-order valence-corrected chi connectivity index (χ2v) is 10.4. The molecule has 162 valence electrons. The number of aryl methyl sites for hydroxylation is 1. The van der Waals surface area contributed by atoms with Gasteiger partial charge in [-0.15, -0.1) is 35.3 Å². The normalized spacial score (nSPS) is 12.4. The molecule has 9 heteroatoms. The van der Waals surface area contributed by atoms with E-state index in [1.165, 1.54) is 9.75 Å². The molecule has 3 N–H and O–H groups in total. The highest BCUT2D eigenvalue weighted by Crippen LogP contribution is 2.18. The predicted molar refractivity (Wildman–Crippen MR) is 133 cm³/mol. The van der Waals surface area contributed by atoms with E-state index in [2.05, 4.69) is 39.4 Å². The fraction of sp³-hybridized carbons (Fsp3) is 0.450. The third-order valence-corrected chi connectivity index (χ3v) is 6.96. The lowest BCUT2D eigenvalue weighted by Crippen LogP contribution is -2.41. The van der Waals surface area contributed by atoms with Crippen molar-refractivity contribution in [3.05, 3.63) is 51.7 Å². The van der Waals surface area contributed by atoms with Crippen LogP contribution in [0.1, 0.15) is 43.0 Å². The fourth-order valence-corrected chi connectivity index (χ4v) is 5.20. The topological polar surface area (TPSA) is 82.6 Å². The molecule has 0 atom stereocenters. The van der Waals surface area contributed by atoms with Crippen LogP contribution in [0.5, 0.6) is 0 Å². The van der Waals surface area contributed by atoms with E-state index in [4.69, 9.17) is 0 Å². The lowest BCUT2D eigenvalue weighted by Gasteiger charge is -2.22. The van der Waals surface area contributed by atoms with E-state index in [0.717, 1.165) is 6.42 Å². The molecule has 0 unspecified atom stereocenters. The summed E-state index contributed by atoms with van der Waals surface area (Å²) in [6, 6.07) is 11.3. The Morgan fingerprint density at radius 2 is 1.66 bits per heavy atom. The standard InChI is InChI=1S/C20H30N4O2S2.HI/c1-6-16-11-12-17(27-16)14-23-19(21-5)22-13-15-9-7-8-10-18(15)28(25,26)24-20(2,3)4;/h7-12,24H,6,13-14H2,1-5H3,(H2,21,22,23);1H. The van der Waals surface area contributed by atoms with Crippen molar-refractivity contribution in [1.82, 2.24) is 15.4 Å². The number of guanidine groups is 1. The molecular formula is C20H31IN4O2S2. The SMILES string of the molecule is CCc1ccc(CNC(=NC)NCc2ccccc2S(=O)(=O)NC(C)(C)C)s1.I. The molecule has 0 saturated heterocycles. The molecule has 6 nitrogen and oxygen atoms in total. The first-order valence-electron chi connectivity index (χ1n) is 9.28. The van der Waals surface area contributed by atoms with E-state index in [0.29, 0.717) is 24.6 Å². The van der Waals surface area contributed by atoms with Crippen LogP contribution in [-0.2, 0) is 29.5 Å². The van der Waals surface area contributed by atoms with Gasteiger partial charge in [-0.25, -0.2) is 13.1 Å². The Bertz CT molecular complexity index is 919. The third-order valence-electron chi connectivity index (χ3n) is 3.87. The highest BCUT2D eigenvalue weighted by atomic mass is 127. The van der Waals surface area contributed by atoms with Crippen molar-refractivity contribution >= 4 is 51.3 Å². The highest BCUT2D eigenvalue weighted by Gasteiger charge is 2.24. The summed E-state index contributed by atoms with van der Waals surface area (Å²) in [5.74, 6) is 0.627. The van der Waals surface area contributed by atoms with E-state index in [-0.39, 0.29) is 28.9 Å². The van der Waals surface area contributed by atoms with Gasteiger partial charge in [0.05, 0.1) is 11.4 Å². The number of benzene rings is 1. The van der Waals surface area contributed by atoms with E-state index < -0.39 is 15.6 Å². The van der Waals surface area contributed by atoms with Gasteiger partial charge in [0.15, 0.2) is 5.96 Å². The molecule has 0 spiro atoms. The molecule has 1 heterocycles. The minimum absolute atomic E-state index is 0. The minimum Gasteiger partial charge on any atom is -0.352 e. The van der Waals surface area contributed by atoms with E-state index in [9.17, 15) is 8.42 Å². The number of hydrogen-bond donors (Lipinski definition) is 3. The highest BCUT2D eigenvalue weighted by molar-refractivity contribution is 14.0. The monoisotopic (exact) mass is 550 g/mol. The summed E-state index contributed by atoms with van der Waals surface area (Å²) in [6.45, 7) is 8.65. The number of thiophene rings is 1. The van der Waals surface area contributed by atoms with E-state index in [1.54, 1.807) is 30.5 Å². The van der Waals surface area contributed by atoms with Crippen molar-refractivity contribution < 1.29 is 8.42 Å². The van der Waals surface area contributed by atoms with Crippen LogP contribution in [0.25, 0.3) is 0 Å². The zero-order chi connectivity index (χ0) is 20.8. The van der Waals surface area contributed by atoms with Crippen molar-refractivity contribution in [3.63, 3.8) is 0 Å². The summed E-state index contributed by atoms with van der Waals surface area (Å²) in [5, 5.41) is 6.48. The van der Waals surface area contributed by atoms with Crippen molar-refractivity contribution in [1.29, 1.82) is 0 Å². The summed E-state index contributed by atoms with van der Waals surface area (Å²) in [4.78, 5) is 7.09. The average Bonchev–Trinajstić information content (AvgIpc) is 3.08. The van der Waals surface area contributed by atoms with Crippen LogP contribution in [0.4, 0.5) is 0 Å². The fourth-order valence-electron chi connectivity index (χ4n) is 2.65. The van der Waals surface area contributed by atoms with Gasteiger partial charge in [-0.2, -0.15) is 0 Å². The van der Waals surface area contributed by atoms with Gasteiger partial charge in [-0.3, -0.25) is 4.99 Å². The maximum atomic E-state index is 12.7. The zero-order valence-electron chi connectivity index (χ0n) is 17.6. The maximum Gasteiger partial charge on any atom is 0.241 e. The minimum atomic E-state index is -3.61. The van der Waals surface area contributed by atoms with Crippen LogP contribution in [-0.4, -0.2) is 27.0 Å². The van der Waals surface area contributed by atoms with Crippen LogP contribution in [0.2, 0.25) is 0 Å². The van der Waals surface area contributed by atoms with Crippen molar-refractivity contribution in [2.24, 2.45) is 4.99 Å². The van der Waals surface area contributed by atoms with E-state index >= 15 is 0 Å². The molecule has 1 aromatic heterocycles. The van der Waals surface area contributed by atoms with Gasteiger partial charge in [0.25, 0.3) is 0 Å². The summed E-state index contributed by atoms with van der Waals surface area (Å²) < 4.78 is 28.2. The smallest absolute Gasteiger partial charge is 0.241 e. The summed E-state index contributed by atoms with van der Waals surface area (Å²) in [6.07, 6.45) is 1.03. The average molecular weight is 551 g/mol. The van der Waals surface area contributed by atoms with Gasteiger partial charge in [-0.05, 0) is 51.0 Å². The van der Waals surface area contributed by atoms with Crippen molar-refractivity contribution in [3.8, 4) is 0 Å². The molecule has 0 aliphatic rings. The van der Waals surface area contributed by atoms with Gasteiger partial charge < -0.3 is 10.6 Å². The van der Waals surface area contributed by atoms with Gasteiger partial charge in [0, 0.05) is 28.9 Å². The number of rotatable bonds is 7. The molecule has 0 bridgehead atoms. The van der Waals surface area contributed by atoms with Crippen LogP contribution in [0.3, 0.4) is 0 Å². The van der Waals surface area contributed by atoms with Gasteiger partial charge in [0.2, 0.25) is 10.0 Å². The molecule has 0 fully saturated rings. The number of nitrogens with zero attached hydrogens (tertiary/aromatic N) is 1. The van der Waals surface area contributed by atoms with Crippen LogP contribution in [0, 0.1) is 0 Å². The zero-order valence-corrected chi connectivity index (χ0v) is 21.5. The number of hydrogen-bond acceptors (Lipinski definition) is 4. The molecule has 0 aliphatic carbocycles. The first kappa shape index (κ1) is 25.9. The Balaban J connectivity index is 0.00000420. The lowest BCUT2D eigenvalue weighted by molar-refractivity contribution is 0.491. The molecular weight excluding hydrogens is 519 g/mol. The second-order valence-electron chi connectivity index (χ2n) is 7.46. The molecule has 2 aromatic rings. The first-order valence-corrected chi connectivity index (χ1v) is 11.6. The number of aliphatic imine (C=N–C) groups is 1. The molecule has 0 radical (unpaired) electrons. The predicted octanol–water partition coefficient (Wildman–Crippen LogP) is 3.87. The molecule has 0 aliphatic heterocycles. The van der Waals surface area contributed by atoms with Crippen LogP contribution >= 0.6 is 35.3 Å². The number of sulfonamides is 1. The molecule has 2 rings (SSSR count). The number of halogens is 1. The third kappa shape index (κ3) is 8.23. The Kier molecular flexibility index (Phi) is 10.1. The quantitative estimate of drug-likeness (QED) is 0.278. The summed E-state index contributed by atoms with van der Waals surface area (Å²) in [5.41, 5.74) is 0.140. The number of nitrogens with one attached hydrogen (secondary N) is 3. The summed E-state index contributed by atoms with van der Waals surface area (Å²) in [7, 11) is -1.91. The Hall–Kier alpha value is -1.17. The first-order chi connectivity index (χ1) is 13.1. The Labute approximate surface area is 195 Å². The van der Waals surface area contributed by atoms with Crippen LogP contribution < -0.4 is 15.4 Å². The second kappa shape index (κ2) is 11.3.